The van der Waals surface area contributed by atoms with Gasteiger partial charge in [0.05, 0.1) is 5.92 Å². The summed E-state index contributed by atoms with van der Waals surface area (Å²) in [6.07, 6.45) is 1.14. The van der Waals surface area contributed by atoms with Gasteiger partial charge in [0.1, 0.15) is 0 Å². The molecule has 1 rings (SSSR count). The zero-order chi connectivity index (χ0) is 15.2. The highest BCUT2D eigenvalue weighted by Crippen LogP contribution is 2.19. The van der Waals surface area contributed by atoms with Crippen molar-refractivity contribution < 1.29 is 14.7 Å². The van der Waals surface area contributed by atoms with Gasteiger partial charge in [-0.25, -0.2) is 0 Å². The number of hydrogen-bond donors (Lipinski definition) is 2. The summed E-state index contributed by atoms with van der Waals surface area (Å²) in [6, 6.07) is 9.45. The van der Waals surface area contributed by atoms with Crippen molar-refractivity contribution in [3.63, 3.8) is 0 Å². The van der Waals surface area contributed by atoms with E-state index in [4.69, 9.17) is 0 Å². The third kappa shape index (κ3) is 4.68. The van der Waals surface area contributed by atoms with Gasteiger partial charge in [-0.15, -0.1) is 0 Å². The van der Waals surface area contributed by atoms with Crippen LogP contribution in [0.3, 0.4) is 0 Å². The number of hydrogen-bond acceptors (Lipinski definition) is 2. The number of nitrogens with one attached hydrogen (secondary N) is 1. The number of benzene rings is 1. The molecule has 20 heavy (non-hydrogen) atoms. The molecule has 0 aromatic heterocycles. The molecule has 1 amide bonds. The number of carboxylic acids is 1. The van der Waals surface area contributed by atoms with E-state index in [1.807, 2.05) is 51.1 Å². The summed E-state index contributed by atoms with van der Waals surface area (Å²) in [6.45, 7) is 5.81. The molecule has 0 bridgehead atoms. The van der Waals surface area contributed by atoms with Crippen LogP contribution in [-0.4, -0.2) is 23.5 Å². The molecule has 1 unspecified atom stereocenters. The van der Waals surface area contributed by atoms with Gasteiger partial charge < -0.3 is 10.4 Å². The molecule has 0 fully saturated rings. The standard InChI is InChI=1S/C16H23NO3/c1-4-16(2,3)15(20)17-11-13(14(18)19)10-12-8-6-5-7-9-12/h5-9,13H,4,10-11H2,1-3H3,(H,17,20)(H,18,19). The highest BCUT2D eigenvalue weighted by molar-refractivity contribution is 5.82. The minimum absolute atomic E-state index is 0.0979. The Hall–Kier alpha value is -1.84. The molecule has 0 spiro atoms. The summed E-state index contributed by atoms with van der Waals surface area (Å²) in [5.74, 6) is -1.59. The summed E-state index contributed by atoms with van der Waals surface area (Å²) >= 11 is 0. The van der Waals surface area contributed by atoms with Gasteiger partial charge in [0.2, 0.25) is 5.91 Å². The predicted octanol–water partition coefficient (Wildman–Crippen LogP) is 2.48. The van der Waals surface area contributed by atoms with E-state index in [-0.39, 0.29) is 12.5 Å². The summed E-state index contributed by atoms with van der Waals surface area (Å²) in [5.41, 5.74) is 0.499. The van der Waals surface area contributed by atoms with E-state index >= 15 is 0 Å². The average Bonchev–Trinajstić information content (AvgIpc) is 2.43. The van der Waals surface area contributed by atoms with Gasteiger partial charge in [-0.1, -0.05) is 51.1 Å². The lowest BCUT2D eigenvalue weighted by Crippen LogP contribution is -2.41. The van der Waals surface area contributed by atoms with E-state index in [2.05, 4.69) is 5.32 Å². The fraction of sp³-hybridized carbons (Fsp3) is 0.500. The molecule has 4 heteroatoms. The Morgan fingerprint density at radius 2 is 1.85 bits per heavy atom. The molecule has 0 saturated heterocycles. The van der Waals surface area contributed by atoms with E-state index in [0.29, 0.717) is 6.42 Å². The summed E-state index contributed by atoms with van der Waals surface area (Å²) in [5, 5.41) is 12.0. The van der Waals surface area contributed by atoms with Crippen LogP contribution in [0.15, 0.2) is 30.3 Å². The molecule has 110 valence electrons. The Morgan fingerprint density at radius 3 is 2.35 bits per heavy atom. The highest BCUT2D eigenvalue weighted by Gasteiger charge is 2.27. The number of carboxylic acid groups (broad SMARTS) is 1. The maximum atomic E-state index is 12.0. The molecule has 0 aliphatic carbocycles. The quantitative estimate of drug-likeness (QED) is 0.804. The lowest BCUT2D eigenvalue weighted by Gasteiger charge is -2.23. The Morgan fingerprint density at radius 1 is 1.25 bits per heavy atom. The van der Waals surface area contributed by atoms with Crippen LogP contribution in [0.25, 0.3) is 0 Å². The second kappa shape index (κ2) is 7.08. The molecule has 0 heterocycles. The summed E-state index contributed by atoms with van der Waals surface area (Å²) < 4.78 is 0. The molecule has 4 nitrogen and oxygen atoms in total. The van der Waals surface area contributed by atoms with Gasteiger partial charge in [-0.05, 0) is 18.4 Å². The summed E-state index contributed by atoms with van der Waals surface area (Å²) in [4.78, 5) is 23.3. The first-order valence-electron chi connectivity index (χ1n) is 6.92. The zero-order valence-electron chi connectivity index (χ0n) is 12.3. The topological polar surface area (TPSA) is 66.4 Å². The smallest absolute Gasteiger partial charge is 0.308 e. The molecule has 1 aromatic carbocycles. The Labute approximate surface area is 120 Å². The molecule has 0 aliphatic heterocycles. The van der Waals surface area contributed by atoms with Gasteiger partial charge in [-0.2, -0.15) is 0 Å². The lowest BCUT2D eigenvalue weighted by atomic mass is 9.89. The monoisotopic (exact) mass is 277 g/mol. The first-order chi connectivity index (χ1) is 9.36. The van der Waals surface area contributed by atoms with E-state index in [1.54, 1.807) is 0 Å². The minimum Gasteiger partial charge on any atom is -0.481 e. The predicted molar refractivity (Wildman–Crippen MR) is 78.4 cm³/mol. The number of aliphatic carboxylic acids is 1. The number of carbonyl (C=O) groups excluding carboxylic acids is 1. The number of rotatable bonds is 7. The van der Waals surface area contributed by atoms with E-state index in [1.165, 1.54) is 0 Å². The second-order valence-corrected chi connectivity index (χ2v) is 5.67. The number of carbonyl (C=O) groups is 2. The van der Waals surface area contributed by atoms with Crippen LogP contribution < -0.4 is 5.32 Å². The Kier molecular flexibility index (Phi) is 5.74. The van der Waals surface area contributed by atoms with Crippen molar-refractivity contribution >= 4 is 11.9 Å². The largest absolute Gasteiger partial charge is 0.481 e. The van der Waals surface area contributed by atoms with Crippen LogP contribution in [0.1, 0.15) is 32.8 Å². The minimum atomic E-state index is -0.886. The third-order valence-electron chi connectivity index (χ3n) is 3.68. The van der Waals surface area contributed by atoms with Gasteiger partial charge in [-0.3, -0.25) is 9.59 Å². The molecule has 0 aliphatic rings. The van der Waals surface area contributed by atoms with Crippen LogP contribution >= 0.6 is 0 Å². The van der Waals surface area contributed by atoms with Gasteiger partial charge in [0.25, 0.3) is 0 Å². The van der Waals surface area contributed by atoms with Crippen LogP contribution in [0.4, 0.5) is 0 Å². The normalized spacial score (nSPS) is 12.8. The Bertz CT molecular complexity index is 454. The van der Waals surface area contributed by atoms with Crippen molar-refractivity contribution in [1.29, 1.82) is 0 Å². The van der Waals surface area contributed by atoms with E-state index in [9.17, 15) is 14.7 Å². The Balaban J connectivity index is 2.61. The average molecular weight is 277 g/mol. The van der Waals surface area contributed by atoms with Crippen molar-refractivity contribution in [1.82, 2.24) is 5.32 Å². The molecule has 2 N–H and O–H groups in total. The van der Waals surface area contributed by atoms with Gasteiger partial charge in [0, 0.05) is 12.0 Å². The molecule has 0 radical (unpaired) electrons. The summed E-state index contributed by atoms with van der Waals surface area (Å²) in [7, 11) is 0. The van der Waals surface area contributed by atoms with Gasteiger partial charge >= 0.3 is 5.97 Å². The van der Waals surface area contributed by atoms with E-state index in [0.717, 1.165) is 12.0 Å². The molecular formula is C16H23NO3. The first kappa shape index (κ1) is 16.2. The van der Waals surface area contributed by atoms with Gasteiger partial charge in [0.15, 0.2) is 0 Å². The highest BCUT2D eigenvalue weighted by atomic mass is 16.4. The van der Waals surface area contributed by atoms with Crippen molar-refractivity contribution in [3.8, 4) is 0 Å². The maximum absolute atomic E-state index is 12.0. The number of amides is 1. The zero-order valence-corrected chi connectivity index (χ0v) is 12.3. The third-order valence-corrected chi connectivity index (χ3v) is 3.68. The van der Waals surface area contributed by atoms with Crippen LogP contribution in [0.5, 0.6) is 0 Å². The lowest BCUT2D eigenvalue weighted by molar-refractivity contribution is -0.141. The molecule has 1 atom stereocenters. The maximum Gasteiger partial charge on any atom is 0.308 e. The molecule has 0 saturated carbocycles. The first-order valence-corrected chi connectivity index (χ1v) is 6.92. The fourth-order valence-electron chi connectivity index (χ4n) is 1.76. The van der Waals surface area contributed by atoms with Crippen LogP contribution in [0, 0.1) is 11.3 Å². The van der Waals surface area contributed by atoms with Crippen LogP contribution in [-0.2, 0) is 16.0 Å². The van der Waals surface area contributed by atoms with Crippen molar-refractivity contribution in [2.45, 2.75) is 33.6 Å². The fourth-order valence-corrected chi connectivity index (χ4v) is 1.76. The van der Waals surface area contributed by atoms with Crippen LogP contribution in [0.2, 0.25) is 0 Å². The van der Waals surface area contributed by atoms with Crippen molar-refractivity contribution in [2.75, 3.05) is 6.54 Å². The SMILES string of the molecule is CCC(C)(C)C(=O)NCC(Cc1ccccc1)C(=O)O. The van der Waals surface area contributed by atoms with Crippen molar-refractivity contribution in [2.24, 2.45) is 11.3 Å². The van der Waals surface area contributed by atoms with E-state index < -0.39 is 17.3 Å². The molecule has 1 aromatic rings. The second-order valence-electron chi connectivity index (χ2n) is 5.67. The molecular weight excluding hydrogens is 254 g/mol. The van der Waals surface area contributed by atoms with Crippen molar-refractivity contribution in [3.05, 3.63) is 35.9 Å².